The molecule has 4 heterocycles. The summed E-state index contributed by atoms with van der Waals surface area (Å²) in [6, 6.07) is 4.64. The molecule has 140 valence electrons. The van der Waals surface area contributed by atoms with Gasteiger partial charge in [0, 0.05) is 49.5 Å². The maximum absolute atomic E-state index is 4.57. The van der Waals surface area contributed by atoms with Crippen molar-refractivity contribution in [2.24, 2.45) is 7.05 Å². The Balaban J connectivity index is 1.54. The van der Waals surface area contributed by atoms with Crippen molar-refractivity contribution >= 4 is 11.6 Å². The van der Waals surface area contributed by atoms with Gasteiger partial charge >= 0.3 is 0 Å². The Hall–Kier alpha value is -2.80. The van der Waals surface area contributed by atoms with Crippen molar-refractivity contribution in [1.82, 2.24) is 29.6 Å². The fourth-order valence-corrected chi connectivity index (χ4v) is 3.86. The highest BCUT2D eigenvalue weighted by Gasteiger charge is 2.27. The fourth-order valence-electron chi connectivity index (χ4n) is 3.86. The molecule has 0 amide bonds. The van der Waals surface area contributed by atoms with E-state index in [1.807, 2.05) is 17.9 Å². The Labute approximate surface area is 159 Å². The van der Waals surface area contributed by atoms with Crippen LogP contribution in [0.5, 0.6) is 0 Å². The van der Waals surface area contributed by atoms with E-state index in [0.29, 0.717) is 11.9 Å². The van der Waals surface area contributed by atoms with Crippen LogP contribution in [0.3, 0.4) is 0 Å². The Morgan fingerprint density at radius 1 is 1.15 bits per heavy atom. The summed E-state index contributed by atoms with van der Waals surface area (Å²) in [5, 5.41) is 7.81. The van der Waals surface area contributed by atoms with Gasteiger partial charge in [-0.15, -0.1) is 0 Å². The van der Waals surface area contributed by atoms with E-state index in [2.05, 4.69) is 56.2 Å². The average Bonchev–Trinajstić information content (AvgIpc) is 3.23. The van der Waals surface area contributed by atoms with Crippen molar-refractivity contribution in [3.63, 3.8) is 0 Å². The van der Waals surface area contributed by atoms with Crippen molar-refractivity contribution < 1.29 is 0 Å². The molecule has 0 saturated carbocycles. The van der Waals surface area contributed by atoms with Gasteiger partial charge in [0.05, 0.1) is 11.9 Å². The third-order valence-electron chi connectivity index (χ3n) is 5.37. The minimum atomic E-state index is 0.398. The van der Waals surface area contributed by atoms with E-state index in [1.54, 1.807) is 18.6 Å². The molecule has 27 heavy (non-hydrogen) atoms. The van der Waals surface area contributed by atoms with Crippen LogP contribution in [0.1, 0.15) is 41.4 Å². The first kappa shape index (κ1) is 17.6. The number of hydrogen-bond acceptors (Lipinski definition) is 6. The Morgan fingerprint density at radius 3 is 2.74 bits per heavy atom. The van der Waals surface area contributed by atoms with E-state index in [1.165, 1.54) is 23.2 Å². The molecule has 0 spiro atoms. The first-order valence-corrected chi connectivity index (χ1v) is 9.34. The number of rotatable bonds is 5. The molecule has 7 heteroatoms. The van der Waals surface area contributed by atoms with E-state index in [9.17, 15) is 0 Å². The molecule has 0 aliphatic carbocycles. The van der Waals surface area contributed by atoms with Gasteiger partial charge in [0.25, 0.3) is 0 Å². The second-order valence-corrected chi connectivity index (χ2v) is 7.09. The molecule has 1 saturated heterocycles. The fraction of sp³-hybridized carbons (Fsp3) is 0.400. The number of anilines is 2. The lowest BCUT2D eigenvalue weighted by atomic mass is 10.0. The first-order valence-electron chi connectivity index (χ1n) is 9.34. The highest BCUT2D eigenvalue weighted by atomic mass is 15.3. The Bertz CT molecular complexity index is 919. The molecule has 1 aliphatic rings. The summed E-state index contributed by atoms with van der Waals surface area (Å²) in [6.45, 7) is 6.29. The molecule has 3 aromatic heterocycles. The van der Waals surface area contributed by atoms with Crippen LogP contribution in [0.25, 0.3) is 0 Å². The number of pyridine rings is 1. The Morgan fingerprint density at radius 2 is 2.00 bits per heavy atom. The van der Waals surface area contributed by atoms with Crippen LogP contribution >= 0.6 is 0 Å². The van der Waals surface area contributed by atoms with E-state index >= 15 is 0 Å². The van der Waals surface area contributed by atoms with Crippen LogP contribution in [0.2, 0.25) is 0 Å². The quantitative estimate of drug-likeness (QED) is 0.750. The number of likely N-dealkylation sites (tertiary alicyclic amines) is 1. The molecule has 0 aromatic carbocycles. The lowest BCUT2D eigenvalue weighted by Gasteiger charge is -2.25. The predicted molar refractivity (Wildman–Crippen MR) is 105 cm³/mol. The zero-order chi connectivity index (χ0) is 18.8. The summed E-state index contributed by atoms with van der Waals surface area (Å²) in [5.41, 5.74) is 5.00. The molecule has 1 N–H and O–H groups in total. The van der Waals surface area contributed by atoms with Gasteiger partial charge in [-0.1, -0.05) is 0 Å². The minimum Gasteiger partial charge on any atom is -0.324 e. The monoisotopic (exact) mass is 363 g/mol. The molecule has 0 unspecified atom stereocenters. The molecule has 3 aromatic rings. The number of aryl methyl sites for hydroxylation is 2. The van der Waals surface area contributed by atoms with Crippen LogP contribution < -0.4 is 5.32 Å². The smallest absolute Gasteiger partial charge is 0.150 e. The molecule has 1 atom stereocenters. The molecule has 0 bridgehead atoms. The molecule has 1 aliphatic heterocycles. The standard InChI is InChI=1S/C20H25N7/c1-14-17(15(2)26(3)25-14)13-27-10-4-5-18(27)16-6-7-22-19(11-16)24-20-12-21-8-9-23-20/h6-9,11-12,18H,4-5,10,13H2,1-3H3,(H,22,23,24)/t18-/m0/s1. The zero-order valence-electron chi connectivity index (χ0n) is 16.1. The predicted octanol–water partition coefficient (Wildman–Crippen LogP) is 3.30. The molecule has 4 rings (SSSR count). The second kappa shape index (κ2) is 7.44. The topological polar surface area (TPSA) is 71.8 Å². The maximum Gasteiger partial charge on any atom is 0.150 e. The highest BCUT2D eigenvalue weighted by molar-refractivity contribution is 5.51. The number of aromatic nitrogens is 5. The van der Waals surface area contributed by atoms with Gasteiger partial charge in [0.1, 0.15) is 11.6 Å². The van der Waals surface area contributed by atoms with Crippen molar-refractivity contribution in [2.75, 3.05) is 11.9 Å². The number of hydrogen-bond donors (Lipinski definition) is 1. The summed E-state index contributed by atoms with van der Waals surface area (Å²) in [4.78, 5) is 15.3. The van der Waals surface area contributed by atoms with Gasteiger partial charge in [0.15, 0.2) is 0 Å². The lowest BCUT2D eigenvalue weighted by molar-refractivity contribution is 0.247. The number of nitrogens with one attached hydrogen (secondary N) is 1. The van der Waals surface area contributed by atoms with Gasteiger partial charge < -0.3 is 5.32 Å². The third kappa shape index (κ3) is 3.68. The third-order valence-corrected chi connectivity index (χ3v) is 5.37. The molecular weight excluding hydrogens is 338 g/mol. The largest absolute Gasteiger partial charge is 0.324 e. The van der Waals surface area contributed by atoms with Gasteiger partial charge in [0.2, 0.25) is 0 Å². The number of nitrogens with zero attached hydrogens (tertiary/aromatic N) is 6. The zero-order valence-corrected chi connectivity index (χ0v) is 16.1. The van der Waals surface area contributed by atoms with Crippen LogP contribution in [0.15, 0.2) is 36.9 Å². The van der Waals surface area contributed by atoms with E-state index in [-0.39, 0.29) is 0 Å². The van der Waals surface area contributed by atoms with Gasteiger partial charge in [-0.3, -0.25) is 14.6 Å². The molecule has 1 fully saturated rings. The minimum absolute atomic E-state index is 0.398. The van der Waals surface area contributed by atoms with Crippen molar-refractivity contribution in [3.05, 3.63) is 59.4 Å². The summed E-state index contributed by atoms with van der Waals surface area (Å²) in [5.74, 6) is 1.50. The van der Waals surface area contributed by atoms with Crippen molar-refractivity contribution in [1.29, 1.82) is 0 Å². The van der Waals surface area contributed by atoms with E-state index < -0.39 is 0 Å². The second-order valence-electron chi connectivity index (χ2n) is 7.09. The average molecular weight is 363 g/mol. The molecular formula is C20H25N7. The molecule has 7 nitrogen and oxygen atoms in total. The SMILES string of the molecule is Cc1nn(C)c(C)c1CN1CCC[C@H]1c1ccnc(Nc2cnccn2)c1. The summed E-state index contributed by atoms with van der Waals surface area (Å²) in [7, 11) is 2.01. The summed E-state index contributed by atoms with van der Waals surface area (Å²) in [6.07, 6.45) is 9.26. The van der Waals surface area contributed by atoms with Gasteiger partial charge in [-0.2, -0.15) is 5.10 Å². The summed E-state index contributed by atoms with van der Waals surface area (Å²) >= 11 is 0. The maximum atomic E-state index is 4.57. The molecule has 0 radical (unpaired) electrons. The first-order chi connectivity index (χ1) is 13.1. The van der Waals surface area contributed by atoms with Crippen molar-refractivity contribution in [2.45, 2.75) is 39.3 Å². The summed E-state index contributed by atoms with van der Waals surface area (Å²) < 4.78 is 1.98. The van der Waals surface area contributed by atoms with Gasteiger partial charge in [-0.25, -0.2) is 9.97 Å². The highest BCUT2D eigenvalue weighted by Crippen LogP contribution is 2.34. The van der Waals surface area contributed by atoms with Gasteiger partial charge in [-0.05, 0) is 50.9 Å². The van der Waals surface area contributed by atoms with E-state index in [4.69, 9.17) is 0 Å². The van der Waals surface area contributed by atoms with Crippen LogP contribution in [0.4, 0.5) is 11.6 Å². The lowest BCUT2D eigenvalue weighted by Crippen LogP contribution is -2.23. The van der Waals surface area contributed by atoms with Crippen LogP contribution in [-0.4, -0.2) is 36.2 Å². The van der Waals surface area contributed by atoms with E-state index in [0.717, 1.165) is 31.0 Å². The normalized spacial score (nSPS) is 17.4. The van der Waals surface area contributed by atoms with Crippen LogP contribution in [0, 0.1) is 13.8 Å². The van der Waals surface area contributed by atoms with Crippen LogP contribution in [-0.2, 0) is 13.6 Å². The Kier molecular flexibility index (Phi) is 4.85. The van der Waals surface area contributed by atoms with Crippen molar-refractivity contribution in [3.8, 4) is 0 Å².